The number of hydrogen-bond acceptors (Lipinski definition) is 3. The van der Waals surface area contributed by atoms with E-state index in [9.17, 15) is 9.59 Å². The van der Waals surface area contributed by atoms with Crippen LogP contribution in [0.25, 0.3) is 0 Å². The molecule has 0 saturated heterocycles. The highest BCUT2D eigenvalue weighted by Crippen LogP contribution is 2.61. The van der Waals surface area contributed by atoms with Crippen LogP contribution < -0.4 is 5.32 Å². The monoisotopic (exact) mass is 397 g/mol. The molecule has 4 heteroatoms. The van der Waals surface area contributed by atoms with Crippen LogP contribution in [0.4, 0.5) is 5.69 Å². The number of nitrogens with one attached hydrogen (secondary N) is 1. The Bertz CT molecular complexity index is 1100. The number of hydrogen-bond donors (Lipinski definition) is 1. The van der Waals surface area contributed by atoms with Crippen molar-refractivity contribution in [3.63, 3.8) is 0 Å². The van der Waals surface area contributed by atoms with Crippen molar-refractivity contribution in [2.75, 3.05) is 12.4 Å². The van der Waals surface area contributed by atoms with Gasteiger partial charge < -0.3 is 10.1 Å². The molecule has 3 aliphatic carbocycles. The van der Waals surface area contributed by atoms with Gasteiger partial charge in [0, 0.05) is 17.5 Å². The standard InChI is InChI=1S/C26H23NO3/c1-26(25(29)27-17-13-11-16(12-14-17)24(28)30-2)15-22-18-7-3-5-9-20(18)23(26)21-10-6-4-8-19(21)22/h3-14,22-23H,15H2,1-2H3,(H,27,29)/t22?,23?,26-/m1/s1. The molecule has 0 fully saturated rings. The van der Waals surface area contributed by atoms with E-state index in [1.165, 1.54) is 29.4 Å². The van der Waals surface area contributed by atoms with Crippen molar-refractivity contribution in [3.8, 4) is 0 Å². The molecule has 1 atom stereocenters. The van der Waals surface area contributed by atoms with Gasteiger partial charge in [-0.15, -0.1) is 0 Å². The van der Waals surface area contributed by atoms with Crippen LogP contribution in [0.1, 0.15) is 57.8 Å². The average Bonchev–Trinajstić information content (AvgIpc) is 2.79. The number of fused-ring (bicyclic) bond motifs is 1. The summed E-state index contributed by atoms with van der Waals surface area (Å²) in [5, 5.41) is 3.09. The minimum absolute atomic E-state index is 0.00678. The first-order valence-corrected chi connectivity index (χ1v) is 10.2. The van der Waals surface area contributed by atoms with E-state index in [0.29, 0.717) is 11.3 Å². The fraction of sp³-hybridized carbons (Fsp3) is 0.231. The van der Waals surface area contributed by atoms with Crippen LogP contribution in [0.15, 0.2) is 72.8 Å². The molecule has 3 aliphatic rings. The van der Waals surface area contributed by atoms with Crippen molar-refractivity contribution in [2.45, 2.75) is 25.2 Å². The maximum absolute atomic E-state index is 13.6. The first kappa shape index (κ1) is 18.6. The molecular formula is C26H23NO3. The smallest absolute Gasteiger partial charge is 0.337 e. The van der Waals surface area contributed by atoms with Crippen LogP contribution in [0.3, 0.4) is 0 Å². The Hall–Kier alpha value is -3.40. The third kappa shape index (κ3) is 2.67. The summed E-state index contributed by atoms with van der Waals surface area (Å²) in [6.07, 6.45) is 0.776. The number of methoxy groups -OCH3 is 1. The van der Waals surface area contributed by atoms with Gasteiger partial charge >= 0.3 is 5.97 Å². The molecule has 1 N–H and O–H groups in total. The summed E-state index contributed by atoms with van der Waals surface area (Å²) < 4.78 is 4.74. The molecule has 150 valence electrons. The van der Waals surface area contributed by atoms with Crippen LogP contribution in [-0.2, 0) is 9.53 Å². The molecule has 3 aromatic carbocycles. The minimum atomic E-state index is -0.561. The number of anilines is 1. The van der Waals surface area contributed by atoms with Crippen molar-refractivity contribution < 1.29 is 14.3 Å². The van der Waals surface area contributed by atoms with Gasteiger partial charge in [-0.3, -0.25) is 4.79 Å². The average molecular weight is 397 g/mol. The lowest BCUT2D eigenvalue weighted by Gasteiger charge is -2.50. The molecule has 1 amide bonds. The van der Waals surface area contributed by atoms with Crippen LogP contribution in [-0.4, -0.2) is 19.0 Å². The summed E-state index contributed by atoms with van der Waals surface area (Å²) in [6.45, 7) is 2.08. The van der Waals surface area contributed by atoms with Crippen LogP contribution in [0.5, 0.6) is 0 Å². The molecule has 2 bridgehead atoms. The van der Waals surface area contributed by atoms with Gasteiger partial charge in [0.05, 0.1) is 18.1 Å². The quantitative estimate of drug-likeness (QED) is 0.626. The molecule has 0 radical (unpaired) electrons. The number of amides is 1. The second kappa shape index (κ2) is 6.84. The Morgan fingerprint density at radius 1 is 0.867 bits per heavy atom. The van der Waals surface area contributed by atoms with E-state index >= 15 is 0 Å². The molecule has 0 heterocycles. The summed E-state index contributed by atoms with van der Waals surface area (Å²) >= 11 is 0. The Labute approximate surface area is 175 Å². The topological polar surface area (TPSA) is 55.4 Å². The lowest BCUT2D eigenvalue weighted by atomic mass is 9.52. The van der Waals surface area contributed by atoms with Gasteiger partial charge in [-0.2, -0.15) is 0 Å². The predicted molar refractivity (Wildman–Crippen MR) is 116 cm³/mol. The number of carbonyl (C=O) groups excluding carboxylic acids is 2. The first-order valence-electron chi connectivity index (χ1n) is 10.2. The highest BCUT2D eigenvalue weighted by molar-refractivity contribution is 5.98. The maximum atomic E-state index is 13.6. The highest BCUT2D eigenvalue weighted by Gasteiger charge is 2.53. The molecule has 0 spiro atoms. The Balaban J connectivity index is 1.50. The molecule has 0 aliphatic heterocycles. The molecule has 6 rings (SSSR count). The Morgan fingerprint density at radius 2 is 1.40 bits per heavy atom. The van der Waals surface area contributed by atoms with Gasteiger partial charge in [0.25, 0.3) is 0 Å². The van der Waals surface area contributed by atoms with E-state index in [0.717, 1.165) is 6.42 Å². The molecular weight excluding hydrogens is 374 g/mol. The number of esters is 1. The zero-order chi connectivity index (χ0) is 20.9. The normalized spacial score (nSPS) is 23.3. The highest BCUT2D eigenvalue weighted by atomic mass is 16.5. The van der Waals surface area contributed by atoms with Gasteiger partial charge in [-0.05, 0) is 59.9 Å². The third-order valence-electron chi connectivity index (χ3n) is 6.71. The van der Waals surface area contributed by atoms with E-state index in [-0.39, 0.29) is 17.7 Å². The predicted octanol–water partition coefficient (Wildman–Crippen LogP) is 5.10. The number of benzene rings is 3. The minimum Gasteiger partial charge on any atom is -0.465 e. The van der Waals surface area contributed by atoms with Crippen molar-refractivity contribution in [1.82, 2.24) is 0 Å². The zero-order valence-electron chi connectivity index (χ0n) is 17.0. The lowest BCUT2D eigenvalue weighted by Crippen LogP contribution is -2.47. The second-order valence-electron chi connectivity index (χ2n) is 8.39. The summed E-state index contributed by atoms with van der Waals surface area (Å²) in [7, 11) is 1.35. The van der Waals surface area contributed by atoms with Gasteiger partial charge in [-0.25, -0.2) is 4.79 Å². The molecule has 3 aromatic rings. The number of rotatable bonds is 3. The molecule has 0 aromatic heterocycles. The summed E-state index contributed by atoms with van der Waals surface area (Å²) in [4.78, 5) is 25.2. The maximum Gasteiger partial charge on any atom is 0.337 e. The fourth-order valence-corrected chi connectivity index (χ4v) is 5.27. The van der Waals surface area contributed by atoms with E-state index in [4.69, 9.17) is 4.74 Å². The van der Waals surface area contributed by atoms with Crippen LogP contribution in [0, 0.1) is 5.41 Å². The second-order valence-corrected chi connectivity index (χ2v) is 8.39. The van der Waals surface area contributed by atoms with Gasteiger partial charge in [0.1, 0.15) is 0 Å². The van der Waals surface area contributed by atoms with Gasteiger partial charge in [-0.1, -0.05) is 48.5 Å². The van der Waals surface area contributed by atoms with Crippen molar-refractivity contribution >= 4 is 17.6 Å². The Kier molecular flexibility index (Phi) is 4.24. The zero-order valence-corrected chi connectivity index (χ0v) is 17.0. The lowest BCUT2D eigenvalue weighted by molar-refractivity contribution is -0.126. The van der Waals surface area contributed by atoms with Crippen molar-refractivity contribution in [2.24, 2.45) is 5.41 Å². The summed E-state index contributed by atoms with van der Waals surface area (Å²) in [6, 6.07) is 23.9. The molecule has 0 saturated carbocycles. The molecule has 0 unspecified atom stereocenters. The third-order valence-corrected chi connectivity index (χ3v) is 6.71. The SMILES string of the molecule is COC(=O)c1ccc(NC(=O)[C@]2(C)CC3c4ccccc4C2c2ccccc23)cc1. The van der Waals surface area contributed by atoms with E-state index in [1.807, 2.05) is 0 Å². The largest absolute Gasteiger partial charge is 0.465 e. The van der Waals surface area contributed by atoms with Crippen LogP contribution in [0.2, 0.25) is 0 Å². The van der Waals surface area contributed by atoms with E-state index < -0.39 is 11.4 Å². The Morgan fingerprint density at radius 3 is 1.93 bits per heavy atom. The fourth-order valence-electron chi connectivity index (χ4n) is 5.27. The van der Waals surface area contributed by atoms with Crippen molar-refractivity contribution in [1.29, 1.82) is 0 Å². The van der Waals surface area contributed by atoms with Crippen molar-refractivity contribution in [3.05, 3.63) is 101 Å². The van der Waals surface area contributed by atoms with E-state index in [1.54, 1.807) is 24.3 Å². The van der Waals surface area contributed by atoms with Gasteiger partial charge in [0.2, 0.25) is 5.91 Å². The number of carbonyl (C=O) groups is 2. The van der Waals surface area contributed by atoms with Crippen LogP contribution >= 0.6 is 0 Å². The number of ether oxygens (including phenoxy) is 1. The summed E-state index contributed by atoms with van der Waals surface area (Å²) in [5.74, 6) is -0.144. The molecule has 4 nitrogen and oxygen atoms in total. The first-order chi connectivity index (χ1) is 14.5. The van der Waals surface area contributed by atoms with E-state index in [2.05, 4.69) is 60.8 Å². The summed E-state index contributed by atoms with van der Waals surface area (Å²) in [5.41, 5.74) is 5.77. The van der Waals surface area contributed by atoms with Gasteiger partial charge in [0.15, 0.2) is 0 Å². The molecule has 30 heavy (non-hydrogen) atoms.